The zero-order chi connectivity index (χ0) is 18.6. The normalized spacial score (nSPS) is 11.2. The minimum atomic E-state index is -4.49. The Labute approximate surface area is 143 Å². The quantitative estimate of drug-likeness (QED) is 0.566. The Morgan fingerprint density at radius 2 is 1.88 bits per heavy atom. The van der Waals surface area contributed by atoms with Crippen molar-refractivity contribution in [3.05, 3.63) is 53.1 Å². The second kappa shape index (κ2) is 7.43. The third-order valence-corrected chi connectivity index (χ3v) is 3.52. The third-order valence-electron chi connectivity index (χ3n) is 3.52. The molecule has 0 aromatic heterocycles. The van der Waals surface area contributed by atoms with Crippen LogP contribution in [0.25, 0.3) is 0 Å². The highest BCUT2D eigenvalue weighted by atomic mass is 19.4. The van der Waals surface area contributed by atoms with Gasteiger partial charge in [-0.05, 0) is 42.9 Å². The fourth-order valence-electron chi connectivity index (χ4n) is 2.28. The lowest BCUT2D eigenvalue weighted by atomic mass is 10.1. The van der Waals surface area contributed by atoms with Crippen molar-refractivity contribution in [1.82, 2.24) is 5.32 Å². The minimum absolute atomic E-state index is 0.0568. The molecule has 0 bridgehead atoms. The third kappa shape index (κ3) is 4.42. The average Bonchev–Trinajstić information content (AvgIpc) is 2.56. The van der Waals surface area contributed by atoms with E-state index >= 15 is 0 Å². The number of nitrogens with one attached hydrogen (secondary N) is 2. The number of carbonyl (C=O) groups excluding carboxylic acids is 1. The van der Waals surface area contributed by atoms with Gasteiger partial charge < -0.3 is 21.1 Å². The lowest BCUT2D eigenvalue weighted by Gasteiger charge is -2.16. The van der Waals surface area contributed by atoms with Gasteiger partial charge in [0.25, 0.3) is 0 Å². The Morgan fingerprint density at radius 3 is 2.48 bits per heavy atom. The van der Waals surface area contributed by atoms with Gasteiger partial charge in [-0.2, -0.15) is 13.2 Å². The minimum Gasteiger partial charge on any atom is -0.465 e. The van der Waals surface area contributed by atoms with Crippen molar-refractivity contribution >= 4 is 23.0 Å². The van der Waals surface area contributed by atoms with Crippen LogP contribution in [-0.4, -0.2) is 20.1 Å². The van der Waals surface area contributed by atoms with Crippen molar-refractivity contribution < 1.29 is 22.7 Å². The molecule has 0 radical (unpaired) electrons. The van der Waals surface area contributed by atoms with E-state index in [-0.39, 0.29) is 16.9 Å². The number of esters is 1. The maximum absolute atomic E-state index is 12.9. The highest BCUT2D eigenvalue weighted by molar-refractivity contribution is 5.97. The second-order valence-electron chi connectivity index (χ2n) is 5.33. The molecule has 2 aromatic rings. The summed E-state index contributed by atoms with van der Waals surface area (Å²) in [6.45, 7) is 0.524. The highest BCUT2D eigenvalue weighted by Crippen LogP contribution is 2.34. The summed E-state index contributed by atoms with van der Waals surface area (Å²) in [4.78, 5) is 12.0. The van der Waals surface area contributed by atoms with Crippen LogP contribution in [0.1, 0.15) is 21.5 Å². The Bertz CT molecular complexity index is 776. The molecule has 8 heteroatoms. The summed E-state index contributed by atoms with van der Waals surface area (Å²) in [7, 11) is 2.99. The number of rotatable bonds is 5. The SMILES string of the molecule is CNCc1ccc(Nc2cc(C(F)(F)F)ccc2N)c(C(=O)OC)c1. The van der Waals surface area contributed by atoms with Gasteiger partial charge >= 0.3 is 12.1 Å². The summed E-state index contributed by atoms with van der Waals surface area (Å²) >= 11 is 0. The van der Waals surface area contributed by atoms with Gasteiger partial charge in [0.2, 0.25) is 0 Å². The van der Waals surface area contributed by atoms with Crippen LogP contribution in [0.2, 0.25) is 0 Å². The molecular formula is C17H18F3N3O2. The van der Waals surface area contributed by atoms with E-state index in [1.165, 1.54) is 13.2 Å². The van der Waals surface area contributed by atoms with Crippen LogP contribution in [0.5, 0.6) is 0 Å². The van der Waals surface area contributed by atoms with E-state index in [4.69, 9.17) is 10.5 Å². The molecule has 0 aliphatic heterocycles. The van der Waals surface area contributed by atoms with E-state index in [0.717, 1.165) is 17.7 Å². The van der Waals surface area contributed by atoms with Crippen molar-refractivity contribution in [3.63, 3.8) is 0 Å². The molecule has 0 heterocycles. The molecule has 0 spiro atoms. The standard InChI is InChI=1S/C17H18F3N3O2/c1-22-9-10-3-6-14(12(7-10)16(24)25-2)23-15-8-11(17(18,19)20)4-5-13(15)21/h3-8,22-23H,9,21H2,1-2H3. The van der Waals surface area contributed by atoms with Gasteiger partial charge in [0.1, 0.15) is 0 Å². The summed E-state index contributed by atoms with van der Waals surface area (Å²) in [5.41, 5.74) is 6.44. The first-order chi connectivity index (χ1) is 11.8. The molecule has 0 amide bonds. The molecule has 0 saturated carbocycles. The van der Waals surface area contributed by atoms with Gasteiger partial charge in [-0.1, -0.05) is 6.07 Å². The number of hydrogen-bond donors (Lipinski definition) is 3. The number of nitrogens with two attached hydrogens (primary N) is 1. The second-order valence-corrected chi connectivity index (χ2v) is 5.33. The monoisotopic (exact) mass is 353 g/mol. The van der Waals surface area contributed by atoms with E-state index in [0.29, 0.717) is 12.2 Å². The molecule has 0 aliphatic rings. The maximum Gasteiger partial charge on any atom is 0.416 e. The number of benzene rings is 2. The first kappa shape index (κ1) is 18.6. The maximum atomic E-state index is 12.9. The predicted molar refractivity (Wildman–Crippen MR) is 89.7 cm³/mol. The number of hydrogen-bond acceptors (Lipinski definition) is 5. The fraction of sp³-hybridized carbons (Fsp3) is 0.235. The number of halogens is 3. The van der Waals surface area contributed by atoms with Crippen molar-refractivity contribution in [2.45, 2.75) is 12.7 Å². The van der Waals surface area contributed by atoms with Crippen molar-refractivity contribution in [3.8, 4) is 0 Å². The Hall–Kier alpha value is -2.74. The van der Waals surface area contributed by atoms with E-state index in [9.17, 15) is 18.0 Å². The molecule has 2 rings (SSSR count). The summed E-state index contributed by atoms with van der Waals surface area (Å²) in [5, 5.41) is 5.74. The van der Waals surface area contributed by atoms with Gasteiger partial charge in [-0.15, -0.1) is 0 Å². The summed E-state index contributed by atoms with van der Waals surface area (Å²) in [5.74, 6) is -0.606. The number of methoxy groups -OCH3 is 1. The smallest absolute Gasteiger partial charge is 0.416 e. The van der Waals surface area contributed by atoms with Gasteiger partial charge in [0.05, 0.1) is 35.3 Å². The van der Waals surface area contributed by atoms with Crippen LogP contribution in [-0.2, 0) is 17.5 Å². The van der Waals surface area contributed by atoms with Crippen LogP contribution in [0.3, 0.4) is 0 Å². The molecule has 0 atom stereocenters. The molecule has 0 fully saturated rings. The van der Waals surface area contributed by atoms with Gasteiger partial charge in [-0.25, -0.2) is 4.79 Å². The predicted octanol–water partition coefficient (Wildman–Crippen LogP) is 3.54. The van der Waals surface area contributed by atoms with Crippen LogP contribution in [0, 0.1) is 0 Å². The lowest BCUT2D eigenvalue weighted by Crippen LogP contribution is -2.11. The molecule has 134 valence electrons. The highest BCUT2D eigenvalue weighted by Gasteiger charge is 2.31. The van der Waals surface area contributed by atoms with Gasteiger partial charge in [-0.3, -0.25) is 0 Å². The van der Waals surface area contributed by atoms with Crippen molar-refractivity contribution in [2.24, 2.45) is 0 Å². The number of carbonyl (C=O) groups is 1. The van der Waals surface area contributed by atoms with E-state index in [2.05, 4.69) is 10.6 Å². The van der Waals surface area contributed by atoms with Crippen LogP contribution >= 0.6 is 0 Å². The zero-order valence-corrected chi connectivity index (χ0v) is 13.7. The summed E-state index contributed by atoms with van der Waals surface area (Å²) in [6, 6.07) is 7.91. The summed E-state index contributed by atoms with van der Waals surface area (Å²) in [6.07, 6.45) is -4.49. The zero-order valence-electron chi connectivity index (χ0n) is 13.7. The Kier molecular flexibility index (Phi) is 5.53. The molecule has 0 saturated heterocycles. The molecular weight excluding hydrogens is 335 g/mol. The number of alkyl halides is 3. The molecule has 25 heavy (non-hydrogen) atoms. The topological polar surface area (TPSA) is 76.4 Å². The molecule has 4 N–H and O–H groups in total. The Morgan fingerprint density at radius 1 is 1.16 bits per heavy atom. The number of anilines is 3. The first-order valence-electron chi connectivity index (χ1n) is 7.36. The average molecular weight is 353 g/mol. The van der Waals surface area contributed by atoms with Crippen LogP contribution in [0.15, 0.2) is 36.4 Å². The van der Waals surface area contributed by atoms with E-state index in [1.54, 1.807) is 25.2 Å². The van der Waals surface area contributed by atoms with Crippen LogP contribution in [0.4, 0.5) is 30.2 Å². The van der Waals surface area contributed by atoms with E-state index in [1.807, 2.05) is 0 Å². The van der Waals surface area contributed by atoms with Crippen LogP contribution < -0.4 is 16.4 Å². The molecule has 0 aliphatic carbocycles. The lowest BCUT2D eigenvalue weighted by molar-refractivity contribution is -0.137. The Balaban J connectivity index is 2.44. The van der Waals surface area contributed by atoms with Crippen molar-refractivity contribution in [2.75, 3.05) is 25.2 Å². The molecule has 2 aromatic carbocycles. The molecule has 0 unspecified atom stereocenters. The number of nitrogen functional groups attached to an aromatic ring is 1. The largest absolute Gasteiger partial charge is 0.465 e. The fourth-order valence-corrected chi connectivity index (χ4v) is 2.28. The first-order valence-corrected chi connectivity index (χ1v) is 7.36. The van der Waals surface area contributed by atoms with Gasteiger partial charge in [0.15, 0.2) is 0 Å². The van der Waals surface area contributed by atoms with E-state index < -0.39 is 17.7 Å². The van der Waals surface area contributed by atoms with Gasteiger partial charge in [0, 0.05) is 6.54 Å². The number of ether oxygens (including phenoxy) is 1. The molecule has 5 nitrogen and oxygen atoms in total. The van der Waals surface area contributed by atoms with Crippen molar-refractivity contribution in [1.29, 1.82) is 0 Å². The summed E-state index contributed by atoms with van der Waals surface area (Å²) < 4.78 is 43.4.